The molecule has 0 aromatic rings. The molecule has 0 atom stereocenters. The molecule has 0 aliphatic rings. The summed E-state index contributed by atoms with van der Waals surface area (Å²) in [6.45, 7) is 1.15. The number of hydrogen-bond acceptors (Lipinski definition) is 3. The molecule has 58 valence electrons. The highest BCUT2D eigenvalue weighted by Gasteiger charge is 2.38. The Balaban J connectivity index is 4.40. The third kappa shape index (κ3) is 1.49. The van der Waals surface area contributed by atoms with E-state index in [1.165, 1.54) is 0 Å². The standard InChI is InChI=1S/C5H6F2O3/c1-2-3(8)5(6,7)4(9)10/h2H2,1H3,(H,9,10)/p-1. The molecule has 0 radical (unpaired) electrons. The van der Waals surface area contributed by atoms with E-state index in [1.54, 1.807) is 0 Å². The summed E-state index contributed by atoms with van der Waals surface area (Å²) in [4.78, 5) is 19.6. The van der Waals surface area contributed by atoms with Crippen molar-refractivity contribution in [3.63, 3.8) is 0 Å². The van der Waals surface area contributed by atoms with E-state index in [9.17, 15) is 23.5 Å². The fraction of sp³-hybridized carbons (Fsp3) is 0.600. The molecule has 0 bridgehead atoms. The van der Waals surface area contributed by atoms with Crippen LogP contribution in [0, 0.1) is 0 Å². The van der Waals surface area contributed by atoms with Gasteiger partial charge < -0.3 is 9.90 Å². The third-order valence-electron chi connectivity index (χ3n) is 0.928. The number of rotatable bonds is 3. The number of hydrogen-bond donors (Lipinski definition) is 0. The summed E-state index contributed by atoms with van der Waals surface area (Å²) in [5.41, 5.74) is 0. The number of aliphatic carboxylic acids is 1. The number of halogens is 2. The first-order valence-corrected chi connectivity index (χ1v) is 2.55. The molecule has 0 saturated carbocycles. The Morgan fingerprint density at radius 1 is 1.50 bits per heavy atom. The van der Waals surface area contributed by atoms with E-state index in [4.69, 9.17) is 0 Å². The zero-order valence-corrected chi connectivity index (χ0v) is 5.19. The topological polar surface area (TPSA) is 57.2 Å². The van der Waals surface area contributed by atoms with Crippen LogP contribution in [0.3, 0.4) is 0 Å². The van der Waals surface area contributed by atoms with Gasteiger partial charge in [0.15, 0.2) is 0 Å². The van der Waals surface area contributed by atoms with Gasteiger partial charge in [-0.1, -0.05) is 6.92 Å². The first-order valence-electron chi connectivity index (χ1n) is 2.55. The number of Topliss-reactive ketones (excluding diaryl/α,β-unsaturated/α-hetero) is 1. The van der Waals surface area contributed by atoms with Crippen LogP contribution in [0.1, 0.15) is 13.3 Å². The molecule has 0 amide bonds. The lowest BCUT2D eigenvalue weighted by Gasteiger charge is -2.13. The predicted octanol–water partition coefficient (Wildman–Crippen LogP) is -0.649. The Morgan fingerprint density at radius 2 is 1.90 bits per heavy atom. The van der Waals surface area contributed by atoms with E-state index < -0.39 is 24.1 Å². The molecule has 0 rings (SSSR count). The van der Waals surface area contributed by atoms with Crippen molar-refractivity contribution in [3.8, 4) is 0 Å². The van der Waals surface area contributed by atoms with Crippen LogP contribution in [0.4, 0.5) is 8.78 Å². The van der Waals surface area contributed by atoms with Gasteiger partial charge in [-0.05, 0) is 0 Å². The second-order valence-corrected chi connectivity index (χ2v) is 1.64. The van der Waals surface area contributed by atoms with Gasteiger partial charge in [0.2, 0.25) is 5.78 Å². The lowest BCUT2D eigenvalue weighted by molar-refractivity contribution is -0.325. The van der Waals surface area contributed by atoms with Gasteiger partial charge in [-0.15, -0.1) is 0 Å². The van der Waals surface area contributed by atoms with Crippen molar-refractivity contribution in [2.24, 2.45) is 0 Å². The molecule has 10 heavy (non-hydrogen) atoms. The number of alkyl halides is 2. The van der Waals surface area contributed by atoms with Gasteiger partial charge >= 0.3 is 5.92 Å². The van der Waals surface area contributed by atoms with Gasteiger partial charge in [0, 0.05) is 6.42 Å². The molecule has 0 aliphatic carbocycles. The molecule has 0 aromatic heterocycles. The molecule has 0 spiro atoms. The van der Waals surface area contributed by atoms with Crippen molar-refractivity contribution >= 4 is 11.8 Å². The zero-order valence-electron chi connectivity index (χ0n) is 5.19. The molecule has 0 aromatic carbocycles. The third-order valence-corrected chi connectivity index (χ3v) is 0.928. The quantitative estimate of drug-likeness (QED) is 0.503. The van der Waals surface area contributed by atoms with Crippen molar-refractivity contribution in [2.75, 3.05) is 0 Å². The van der Waals surface area contributed by atoms with E-state index in [1.807, 2.05) is 0 Å². The van der Waals surface area contributed by atoms with Crippen LogP contribution >= 0.6 is 0 Å². The number of carboxylic acid groups (broad SMARTS) is 1. The Hall–Kier alpha value is -1.00. The van der Waals surface area contributed by atoms with E-state index in [0.717, 1.165) is 6.92 Å². The van der Waals surface area contributed by atoms with E-state index in [-0.39, 0.29) is 0 Å². The molecule has 3 nitrogen and oxygen atoms in total. The highest BCUT2D eigenvalue weighted by Crippen LogP contribution is 2.14. The normalized spacial score (nSPS) is 11.1. The Labute approximate surface area is 55.6 Å². The van der Waals surface area contributed by atoms with Gasteiger partial charge in [-0.3, -0.25) is 4.79 Å². The minimum absolute atomic E-state index is 0.513. The lowest BCUT2D eigenvalue weighted by atomic mass is 10.2. The fourth-order valence-electron chi connectivity index (χ4n) is 0.336. The summed E-state index contributed by atoms with van der Waals surface area (Å²) in [5.74, 6) is -8.60. The molecule has 0 heterocycles. The first-order chi connectivity index (χ1) is 4.42. The van der Waals surface area contributed by atoms with E-state index in [0.29, 0.717) is 0 Å². The zero-order chi connectivity index (χ0) is 8.36. The maximum atomic E-state index is 11.9. The lowest BCUT2D eigenvalue weighted by Crippen LogP contribution is -2.47. The molecule has 0 fully saturated rings. The Kier molecular flexibility index (Phi) is 2.45. The molecular weight excluding hydrogens is 146 g/mol. The predicted molar refractivity (Wildman–Crippen MR) is 25.3 cm³/mol. The van der Waals surface area contributed by atoms with Crippen molar-refractivity contribution in [1.82, 2.24) is 0 Å². The number of ketones is 1. The van der Waals surface area contributed by atoms with Crippen LogP contribution in [0.25, 0.3) is 0 Å². The Morgan fingerprint density at radius 3 is 2.00 bits per heavy atom. The van der Waals surface area contributed by atoms with Gasteiger partial charge in [0.25, 0.3) is 0 Å². The summed E-state index contributed by atoms with van der Waals surface area (Å²) >= 11 is 0. The minimum Gasteiger partial charge on any atom is -0.544 e. The van der Waals surface area contributed by atoms with Crippen LogP contribution in [0.2, 0.25) is 0 Å². The van der Waals surface area contributed by atoms with Gasteiger partial charge in [-0.2, -0.15) is 8.78 Å². The van der Waals surface area contributed by atoms with E-state index in [2.05, 4.69) is 0 Å². The van der Waals surface area contributed by atoms with Crippen molar-refractivity contribution in [1.29, 1.82) is 0 Å². The Bertz CT molecular complexity index is 164. The van der Waals surface area contributed by atoms with Gasteiger partial charge in [-0.25, -0.2) is 0 Å². The smallest absolute Gasteiger partial charge is 0.344 e. The maximum absolute atomic E-state index is 11.9. The number of carbonyl (C=O) groups excluding carboxylic acids is 2. The molecule has 0 aliphatic heterocycles. The summed E-state index contributed by atoms with van der Waals surface area (Å²) < 4.78 is 23.9. The first kappa shape index (κ1) is 9.00. The average molecular weight is 151 g/mol. The van der Waals surface area contributed by atoms with E-state index >= 15 is 0 Å². The van der Waals surface area contributed by atoms with Gasteiger partial charge in [0.05, 0.1) is 0 Å². The number of carboxylic acids is 1. The van der Waals surface area contributed by atoms with Crippen LogP contribution < -0.4 is 5.11 Å². The number of carbonyl (C=O) groups is 2. The van der Waals surface area contributed by atoms with Crippen molar-refractivity contribution < 1.29 is 23.5 Å². The summed E-state index contributed by atoms with van der Waals surface area (Å²) in [5, 5.41) is 9.54. The van der Waals surface area contributed by atoms with Crippen molar-refractivity contribution in [3.05, 3.63) is 0 Å². The van der Waals surface area contributed by atoms with Gasteiger partial charge in [0.1, 0.15) is 5.97 Å². The molecule has 5 heteroatoms. The second kappa shape index (κ2) is 2.72. The largest absolute Gasteiger partial charge is 0.544 e. The second-order valence-electron chi connectivity index (χ2n) is 1.64. The molecule has 0 unspecified atom stereocenters. The highest BCUT2D eigenvalue weighted by molar-refractivity contribution is 6.03. The maximum Gasteiger partial charge on any atom is 0.344 e. The van der Waals surface area contributed by atoms with Crippen LogP contribution in [-0.2, 0) is 9.59 Å². The monoisotopic (exact) mass is 151 g/mol. The molecule has 0 N–H and O–H groups in total. The average Bonchev–Trinajstić information content (AvgIpc) is 1.86. The summed E-state index contributed by atoms with van der Waals surface area (Å²) in [6.07, 6.45) is -0.513. The highest BCUT2D eigenvalue weighted by atomic mass is 19.3. The minimum atomic E-state index is -4.32. The fourth-order valence-corrected chi connectivity index (χ4v) is 0.336. The summed E-state index contributed by atoms with van der Waals surface area (Å²) in [6, 6.07) is 0. The van der Waals surface area contributed by atoms with Crippen LogP contribution in [-0.4, -0.2) is 17.7 Å². The van der Waals surface area contributed by atoms with Crippen molar-refractivity contribution in [2.45, 2.75) is 19.3 Å². The van der Waals surface area contributed by atoms with Crippen LogP contribution in [0.15, 0.2) is 0 Å². The SMILES string of the molecule is CCC(=O)C(F)(F)C(=O)[O-]. The molecule has 0 saturated heterocycles. The molecular formula is C5H5F2O3-. The van der Waals surface area contributed by atoms with Crippen LogP contribution in [0.5, 0.6) is 0 Å². The summed E-state index contributed by atoms with van der Waals surface area (Å²) in [7, 11) is 0.